The smallest absolute Gasteiger partial charge is 0.244 e. The summed E-state index contributed by atoms with van der Waals surface area (Å²) in [6.45, 7) is 39.5. The lowest BCUT2D eigenvalue weighted by molar-refractivity contribution is -0.131. The van der Waals surface area contributed by atoms with E-state index in [1.807, 2.05) is 75.5 Å². The van der Waals surface area contributed by atoms with Crippen molar-refractivity contribution in [3.8, 4) is 0 Å². The highest BCUT2D eigenvalue weighted by molar-refractivity contribution is 5.96. The summed E-state index contributed by atoms with van der Waals surface area (Å²) in [7, 11) is 1.63. The molecule has 0 saturated carbocycles. The van der Waals surface area contributed by atoms with Gasteiger partial charge in [-0.3, -0.25) is 28.8 Å². The third kappa shape index (κ3) is 45.4. The summed E-state index contributed by atoms with van der Waals surface area (Å²) >= 11 is 0. The maximum Gasteiger partial charge on any atom is 0.244 e. The van der Waals surface area contributed by atoms with Gasteiger partial charge in [-0.25, -0.2) is 0 Å². The molecule has 0 fully saturated rings. The topological polar surface area (TPSA) is 227 Å². The van der Waals surface area contributed by atoms with E-state index in [0.29, 0.717) is 169 Å². The summed E-state index contributed by atoms with van der Waals surface area (Å²) in [4.78, 5) is 81.2. The van der Waals surface area contributed by atoms with Crippen LogP contribution < -0.4 is 26.6 Å². The van der Waals surface area contributed by atoms with Crippen molar-refractivity contribution in [2.75, 3.05) is 119 Å². The number of rotatable bonds is 56. The van der Waals surface area contributed by atoms with Crippen LogP contribution in [0.5, 0.6) is 0 Å². The predicted octanol–water partition coefficient (Wildman–Crippen LogP) is 17.4. The zero-order valence-electron chi connectivity index (χ0n) is 71.3. The highest BCUT2D eigenvalue weighted by Gasteiger charge is 2.30. The molecule has 5 N–H and O–H groups in total. The first-order chi connectivity index (χ1) is 53.0. The van der Waals surface area contributed by atoms with Crippen molar-refractivity contribution in [1.82, 2.24) is 26.6 Å². The van der Waals surface area contributed by atoms with E-state index in [0.717, 1.165) is 53.5 Å². The van der Waals surface area contributed by atoms with E-state index in [2.05, 4.69) is 146 Å². The van der Waals surface area contributed by atoms with E-state index in [4.69, 9.17) is 33.2 Å². The normalized spacial score (nSPS) is 17.5. The van der Waals surface area contributed by atoms with Gasteiger partial charge < -0.3 is 59.7 Å². The van der Waals surface area contributed by atoms with Crippen LogP contribution in [0.2, 0.25) is 0 Å². The van der Waals surface area contributed by atoms with Gasteiger partial charge >= 0.3 is 0 Å². The van der Waals surface area contributed by atoms with Gasteiger partial charge in [0.25, 0.3) is 0 Å². The van der Waals surface area contributed by atoms with E-state index < -0.39 is 17.9 Å². The van der Waals surface area contributed by atoms with Crippen molar-refractivity contribution in [3.63, 3.8) is 0 Å². The molecule has 0 unspecified atom stereocenters. The fourth-order valence-electron chi connectivity index (χ4n) is 13.8. The van der Waals surface area contributed by atoms with Gasteiger partial charge in [-0.05, 0) is 215 Å². The molecule has 0 bridgehead atoms. The second kappa shape index (κ2) is 57.0. The van der Waals surface area contributed by atoms with Crippen LogP contribution >= 0.6 is 0 Å². The molecule has 0 heterocycles. The molecule has 18 heteroatoms. The number of Topliss-reactive ketones (excluding diaryl/α,β-unsaturated/α-hetero) is 1. The number of ether oxygens (including phenoxy) is 7. The molecule has 0 aliphatic heterocycles. The number of hydrogen-bond acceptors (Lipinski definition) is 13. The van der Waals surface area contributed by atoms with Gasteiger partial charge in [0.15, 0.2) is 5.78 Å². The highest BCUT2D eigenvalue weighted by atomic mass is 16.6. The Balaban J connectivity index is 1.66. The van der Waals surface area contributed by atoms with Crippen LogP contribution in [0.1, 0.15) is 226 Å². The van der Waals surface area contributed by atoms with Gasteiger partial charge in [-0.1, -0.05) is 173 Å². The van der Waals surface area contributed by atoms with Crippen LogP contribution in [0, 0.1) is 22.2 Å². The van der Waals surface area contributed by atoms with Gasteiger partial charge in [-0.2, -0.15) is 0 Å². The molecular formula is C93H145N5O13. The largest absolute Gasteiger partial charge is 0.382 e. The molecule has 0 aromatic rings. The number of amides is 5. The second-order valence-corrected chi connectivity index (χ2v) is 32.0. The standard InChI is InChI=1S/C93H145N5O13/c1-71(40-43-81-77(7)35-24-47-91(81,10)11)29-21-32-74(4)67-87(101)95-50-19-17-38-80(90(104)97-53-28-55-107-60-63-110-62-59-106-54-27-52-94-86(100)46-56-108-61-64-111-66-65-109-58-57-105-16)70-85(99)84(98-89(103)69-76(6)34-23-31-73(3)42-45-83-79(9)37-26-49-93(83,14)15)39-18-20-51-96-88(102)68-75(5)33-22-30-72(2)41-44-82-78(8)36-25-48-92(82,12)13/h21-23,29-34,40-45,67-69,80,84H,17-20,24-28,35-39,46-66,70H2,1-16H3,(H,94,100)(H,95,101)(H,96,102)(H,97,104)(H,98,103)/b32-21+,33-22+,34-23+,43-40+,44-41+,45-42+,71-29+,72-30+,73-31+,74-67+,75-68+,76-69+/t80-,84+/m0/s1. The number of nitrogens with one attached hydrogen (secondary N) is 5. The van der Waals surface area contributed by atoms with Crippen LogP contribution in [0.15, 0.2) is 176 Å². The Hall–Kier alpha value is -7.16. The Morgan fingerprint density at radius 2 is 0.748 bits per heavy atom. The van der Waals surface area contributed by atoms with Gasteiger partial charge in [0.05, 0.1) is 78.7 Å². The maximum atomic E-state index is 14.7. The summed E-state index contributed by atoms with van der Waals surface area (Å²) < 4.78 is 38.4. The zero-order valence-corrected chi connectivity index (χ0v) is 71.3. The number of allylic oxidation sites excluding steroid dienone is 27. The number of carbonyl (C=O) groups excluding carboxylic acids is 6. The molecule has 0 radical (unpaired) electrons. The first-order valence-corrected chi connectivity index (χ1v) is 41.2. The lowest BCUT2D eigenvalue weighted by Crippen LogP contribution is -2.42. The Morgan fingerprint density at radius 1 is 0.396 bits per heavy atom. The summed E-state index contributed by atoms with van der Waals surface area (Å²) in [5.74, 6) is -2.21. The molecule has 0 spiro atoms. The first-order valence-electron chi connectivity index (χ1n) is 41.2. The minimum atomic E-state index is -0.909. The predicted molar refractivity (Wildman–Crippen MR) is 454 cm³/mol. The van der Waals surface area contributed by atoms with Crippen molar-refractivity contribution >= 4 is 35.3 Å². The third-order valence-electron chi connectivity index (χ3n) is 20.4. The Labute approximate surface area is 669 Å². The van der Waals surface area contributed by atoms with E-state index in [1.165, 1.54) is 71.6 Å². The van der Waals surface area contributed by atoms with Crippen molar-refractivity contribution in [1.29, 1.82) is 0 Å². The Morgan fingerprint density at radius 3 is 1.14 bits per heavy atom. The molecule has 111 heavy (non-hydrogen) atoms. The van der Waals surface area contributed by atoms with Crippen LogP contribution in [0.4, 0.5) is 0 Å². The van der Waals surface area contributed by atoms with Crippen LogP contribution in [0.3, 0.4) is 0 Å². The van der Waals surface area contributed by atoms with Gasteiger partial charge in [0.1, 0.15) is 0 Å². The summed E-state index contributed by atoms with van der Waals surface area (Å²) in [6.07, 6.45) is 50.2. The average molecular weight is 1540 g/mol. The molecule has 3 rings (SSSR count). The molecule has 620 valence electrons. The Bertz CT molecular complexity index is 3370. The molecule has 0 aromatic heterocycles. The highest BCUT2D eigenvalue weighted by Crippen LogP contribution is 2.43. The molecule has 0 saturated heterocycles. The minimum absolute atomic E-state index is 0.0838. The number of ketones is 1. The van der Waals surface area contributed by atoms with Crippen LogP contribution in [-0.4, -0.2) is 161 Å². The van der Waals surface area contributed by atoms with Gasteiger partial charge in [0.2, 0.25) is 29.5 Å². The Kier molecular flexibility index (Phi) is 50.3. The zero-order chi connectivity index (χ0) is 81.7. The minimum Gasteiger partial charge on any atom is -0.382 e. The van der Waals surface area contributed by atoms with E-state index in [9.17, 15) is 28.8 Å². The third-order valence-corrected chi connectivity index (χ3v) is 20.4. The van der Waals surface area contributed by atoms with E-state index in [1.54, 1.807) is 19.3 Å². The average Bonchev–Trinajstić information content (AvgIpc) is 0.833. The van der Waals surface area contributed by atoms with Crippen molar-refractivity contribution in [3.05, 3.63) is 176 Å². The molecule has 18 nitrogen and oxygen atoms in total. The summed E-state index contributed by atoms with van der Waals surface area (Å²) in [5, 5.41) is 14.9. The summed E-state index contributed by atoms with van der Waals surface area (Å²) in [5.41, 5.74) is 14.6. The molecular weight excluding hydrogens is 1400 g/mol. The quantitative estimate of drug-likeness (QED) is 0.0217. The SMILES string of the molecule is COCCOCCOCCOCCC(=O)NCCCOCCOCCOCCCNC(=O)[C@@H](CCCCNC(=O)/C=C(C)/C=C/C=C(C)/C=C/C1=C(C)CCCC1(C)C)CC(=O)[C@@H](CCCCNC(=O)/C=C(C)/C=C/C=C(C)/C=C/C1=C(C)CCCC1(C)C)NC(=O)/C=C(C)/C=C/C=C(C)/C=C/C1=C(C)CCCC1(C)C. The monoisotopic (exact) mass is 1540 g/mol. The number of unbranched alkanes of at least 4 members (excludes halogenated alkanes) is 2. The van der Waals surface area contributed by atoms with E-state index in [-0.39, 0.29) is 58.5 Å². The molecule has 0 aromatic carbocycles. The second-order valence-electron chi connectivity index (χ2n) is 32.0. The lowest BCUT2D eigenvalue weighted by Gasteiger charge is -2.33. The number of carbonyl (C=O) groups is 6. The van der Waals surface area contributed by atoms with E-state index >= 15 is 0 Å². The molecule has 3 aliphatic rings. The lowest BCUT2D eigenvalue weighted by atomic mass is 9.72. The van der Waals surface area contributed by atoms with Gasteiger partial charge in [0, 0.05) is 83.5 Å². The van der Waals surface area contributed by atoms with Crippen molar-refractivity contribution in [2.45, 2.75) is 232 Å². The summed E-state index contributed by atoms with van der Waals surface area (Å²) in [6, 6.07) is -0.909. The number of methoxy groups -OCH3 is 1. The fourth-order valence-corrected chi connectivity index (χ4v) is 13.8. The van der Waals surface area contributed by atoms with Crippen LogP contribution in [-0.2, 0) is 61.9 Å². The number of hydrogen-bond donors (Lipinski definition) is 5. The molecule has 3 aliphatic carbocycles. The fraction of sp³-hybridized carbons (Fsp3) is 0.613. The van der Waals surface area contributed by atoms with Crippen molar-refractivity contribution in [2.24, 2.45) is 22.2 Å². The van der Waals surface area contributed by atoms with Gasteiger partial charge in [-0.15, -0.1) is 0 Å². The van der Waals surface area contributed by atoms with Crippen LogP contribution in [0.25, 0.3) is 0 Å². The molecule has 2 atom stereocenters. The first kappa shape index (κ1) is 98.0. The van der Waals surface area contributed by atoms with Crippen molar-refractivity contribution < 1.29 is 61.9 Å². The maximum absolute atomic E-state index is 14.7. The molecule has 5 amide bonds.